The molecule has 0 aliphatic carbocycles. The standard InChI is InChI=1S/C11H10F2O2/c1-15-11(14)7-6-10(13)8-2-4-9(12)5-3-8/h2-7,10H,1H3/b7-6+. The van der Waals surface area contributed by atoms with Gasteiger partial charge in [-0.3, -0.25) is 0 Å². The molecule has 0 saturated heterocycles. The van der Waals surface area contributed by atoms with Gasteiger partial charge in [0.05, 0.1) is 7.11 Å². The highest BCUT2D eigenvalue weighted by molar-refractivity contribution is 5.81. The molecule has 0 amide bonds. The largest absolute Gasteiger partial charge is 0.466 e. The molecule has 0 saturated carbocycles. The number of hydrogen-bond donors (Lipinski definition) is 0. The Labute approximate surface area is 86.2 Å². The summed E-state index contributed by atoms with van der Waals surface area (Å²) in [5.74, 6) is -1.05. The number of rotatable bonds is 3. The molecule has 1 atom stereocenters. The molecule has 1 aromatic carbocycles. The fourth-order valence-corrected chi connectivity index (χ4v) is 0.989. The summed E-state index contributed by atoms with van der Waals surface area (Å²) in [6.07, 6.45) is 0.609. The van der Waals surface area contributed by atoms with Gasteiger partial charge in [0, 0.05) is 6.08 Å². The number of hydrogen-bond acceptors (Lipinski definition) is 2. The molecule has 0 bridgehead atoms. The lowest BCUT2D eigenvalue weighted by Gasteiger charge is -2.02. The smallest absolute Gasteiger partial charge is 0.330 e. The highest BCUT2D eigenvalue weighted by Crippen LogP contribution is 2.18. The maximum Gasteiger partial charge on any atom is 0.330 e. The number of halogens is 2. The Kier molecular flexibility index (Phi) is 3.97. The Morgan fingerprint density at radius 3 is 2.53 bits per heavy atom. The van der Waals surface area contributed by atoms with E-state index in [2.05, 4.69) is 4.74 Å². The van der Waals surface area contributed by atoms with Crippen LogP contribution in [0.4, 0.5) is 8.78 Å². The van der Waals surface area contributed by atoms with Crippen molar-refractivity contribution < 1.29 is 18.3 Å². The molecule has 0 aromatic heterocycles. The Bertz CT molecular complexity index is 357. The summed E-state index contributed by atoms with van der Waals surface area (Å²) in [6.45, 7) is 0. The summed E-state index contributed by atoms with van der Waals surface area (Å²) in [5, 5.41) is 0. The van der Waals surface area contributed by atoms with Crippen LogP contribution >= 0.6 is 0 Å². The first-order valence-electron chi connectivity index (χ1n) is 4.29. The van der Waals surface area contributed by atoms with Crippen LogP contribution in [0, 0.1) is 5.82 Å². The van der Waals surface area contributed by atoms with Crippen molar-refractivity contribution in [2.45, 2.75) is 6.17 Å². The van der Waals surface area contributed by atoms with E-state index in [-0.39, 0.29) is 5.56 Å². The van der Waals surface area contributed by atoms with E-state index in [0.29, 0.717) is 0 Å². The van der Waals surface area contributed by atoms with Gasteiger partial charge in [-0.15, -0.1) is 0 Å². The highest BCUT2D eigenvalue weighted by Gasteiger charge is 2.06. The third kappa shape index (κ3) is 3.50. The molecule has 0 radical (unpaired) electrons. The third-order valence-electron chi connectivity index (χ3n) is 1.79. The Hall–Kier alpha value is -1.71. The van der Waals surface area contributed by atoms with Crippen LogP contribution in [0.3, 0.4) is 0 Å². The summed E-state index contributed by atoms with van der Waals surface area (Å²) in [5.41, 5.74) is 0.288. The fraction of sp³-hybridized carbons (Fsp3) is 0.182. The van der Waals surface area contributed by atoms with Crippen LogP contribution in [0.5, 0.6) is 0 Å². The van der Waals surface area contributed by atoms with Crippen LogP contribution in [0.15, 0.2) is 36.4 Å². The zero-order valence-electron chi connectivity index (χ0n) is 8.11. The average molecular weight is 212 g/mol. The lowest BCUT2D eigenvalue weighted by Crippen LogP contribution is -1.95. The fourth-order valence-electron chi connectivity index (χ4n) is 0.989. The van der Waals surface area contributed by atoms with Crippen LogP contribution in [0.1, 0.15) is 11.7 Å². The van der Waals surface area contributed by atoms with Crippen molar-refractivity contribution in [2.24, 2.45) is 0 Å². The molecule has 0 aliphatic rings. The Balaban J connectivity index is 2.68. The number of allylic oxidation sites excluding steroid dienone is 1. The first kappa shape index (κ1) is 11.4. The molecule has 0 N–H and O–H groups in total. The zero-order valence-corrected chi connectivity index (χ0v) is 8.11. The van der Waals surface area contributed by atoms with E-state index in [1.54, 1.807) is 0 Å². The second-order valence-corrected chi connectivity index (χ2v) is 2.84. The summed E-state index contributed by atoms with van der Waals surface area (Å²) in [6, 6.07) is 4.96. The summed E-state index contributed by atoms with van der Waals surface area (Å²) < 4.78 is 30.2. The maximum absolute atomic E-state index is 13.3. The van der Waals surface area contributed by atoms with Crippen molar-refractivity contribution in [1.29, 1.82) is 0 Å². The summed E-state index contributed by atoms with van der Waals surface area (Å²) >= 11 is 0. The predicted molar refractivity (Wildman–Crippen MR) is 51.4 cm³/mol. The number of esters is 1. The number of ether oxygens (including phenoxy) is 1. The molecule has 0 aliphatic heterocycles. The van der Waals surface area contributed by atoms with E-state index in [4.69, 9.17) is 0 Å². The van der Waals surface area contributed by atoms with Gasteiger partial charge in [0.25, 0.3) is 0 Å². The lowest BCUT2D eigenvalue weighted by atomic mass is 10.1. The van der Waals surface area contributed by atoms with E-state index >= 15 is 0 Å². The van der Waals surface area contributed by atoms with Gasteiger partial charge in [0.2, 0.25) is 0 Å². The van der Waals surface area contributed by atoms with Gasteiger partial charge in [-0.2, -0.15) is 0 Å². The molecule has 15 heavy (non-hydrogen) atoms. The van der Waals surface area contributed by atoms with Gasteiger partial charge in [-0.05, 0) is 23.8 Å². The molecule has 2 nitrogen and oxygen atoms in total. The maximum atomic E-state index is 13.3. The number of methoxy groups -OCH3 is 1. The number of alkyl halides is 1. The first-order chi connectivity index (χ1) is 7.13. The third-order valence-corrected chi connectivity index (χ3v) is 1.79. The molecule has 0 spiro atoms. The van der Waals surface area contributed by atoms with Gasteiger partial charge in [-0.25, -0.2) is 13.6 Å². The van der Waals surface area contributed by atoms with Crippen LogP contribution in [-0.2, 0) is 9.53 Å². The topological polar surface area (TPSA) is 26.3 Å². The predicted octanol–water partition coefficient (Wildman–Crippen LogP) is 2.57. The lowest BCUT2D eigenvalue weighted by molar-refractivity contribution is -0.134. The second-order valence-electron chi connectivity index (χ2n) is 2.84. The normalized spacial score (nSPS) is 12.7. The van der Waals surface area contributed by atoms with Crippen molar-refractivity contribution in [3.63, 3.8) is 0 Å². The number of benzene rings is 1. The minimum Gasteiger partial charge on any atom is -0.466 e. The van der Waals surface area contributed by atoms with Crippen molar-refractivity contribution in [3.8, 4) is 0 Å². The minimum absolute atomic E-state index is 0.288. The quantitative estimate of drug-likeness (QED) is 0.568. The molecule has 1 aromatic rings. The summed E-state index contributed by atoms with van der Waals surface area (Å²) in [7, 11) is 1.21. The Morgan fingerprint density at radius 2 is 2.00 bits per heavy atom. The van der Waals surface area contributed by atoms with Crippen molar-refractivity contribution in [3.05, 3.63) is 47.8 Å². The number of carbonyl (C=O) groups excluding carboxylic acids is 1. The van der Waals surface area contributed by atoms with Gasteiger partial charge in [-0.1, -0.05) is 12.1 Å². The van der Waals surface area contributed by atoms with Gasteiger partial charge < -0.3 is 4.74 Å². The van der Waals surface area contributed by atoms with E-state index < -0.39 is 18.0 Å². The SMILES string of the molecule is COC(=O)/C=C/C(F)c1ccc(F)cc1. The molecule has 1 unspecified atom stereocenters. The van der Waals surface area contributed by atoms with E-state index in [0.717, 1.165) is 24.3 Å². The molecule has 1 rings (SSSR count). The van der Waals surface area contributed by atoms with Gasteiger partial charge in [0.15, 0.2) is 0 Å². The molecule has 4 heteroatoms. The first-order valence-corrected chi connectivity index (χ1v) is 4.29. The van der Waals surface area contributed by atoms with Crippen LogP contribution in [-0.4, -0.2) is 13.1 Å². The van der Waals surface area contributed by atoms with E-state index in [1.807, 2.05) is 0 Å². The molecule has 0 heterocycles. The summed E-state index contributed by atoms with van der Waals surface area (Å²) in [4.78, 5) is 10.7. The molecule has 0 fully saturated rings. The zero-order chi connectivity index (χ0) is 11.3. The van der Waals surface area contributed by atoms with Gasteiger partial charge in [0.1, 0.15) is 12.0 Å². The van der Waals surface area contributed by atoms with Crippen molar-refractivity contribution >= 4 is 5.97 Å². The number of carbonyl (C=O) groups is 1. The molecule has 80 valence electrons. The molecular formula is C11H10F2O2. The molecular weight excluding hydrogens is 202 g/mol. The van der Waals surface area contributed by atoms with Crippen molar-refractivity contribution in [1.82, 2.24) is 0 Å². The van der Waals surface area contributed by atoms with E-state index in [9.17, 15) is 13.6 Å². The van der Waals surface area contributed by atoms with Crippen molar-refractivity contribution in [2.75, 3.05) is 7.11 Å². The second kappa shape index (κ2) is 5.24. The highest BCUT2D eigenvalue weighted by atomic mass is 19.1. The monoisotopic (exact) mass is 212 g/mol. The minimum atomic E-state index is -1.44. The van der Waals surface area contributed by atoms with E-state index in [1.165, 1.54) is 19.2 Å². The van der Waals surface area contributed by atoms with Gasteiger partial charge >= 0.3 is 5.97 Å². The van der Waals surface area contributed by atoms with Crippen LogP contribution < -0.4 is 0 Å². The van der Waals surface area contributed by atoms with Crippen LogP contribution in [0.2, 0.25) is 0 Å². The Morgan fingerprint density at radius 1 is 1.40 bits per heavy atom. The van der Waals surface area contributed by atoms with Crippen LogP contribution in [0.25, 0.3) is 0 Å². The average Bonchev–Trinajstić information content (AvgIpc) is 2.26.